The fourth-order valence-electron chi connectivity index (χ4n) is 4.89. The first-order valence-corrected chi connectivity index (χ1v) is 12.8. The van der Waals surface area contributed by atoms with E-state index in [0.717, 1.165) is 68.2 Å². The molecule has 1 aromatic carbocycles. The second-order valence-electron chi connectivity index (χ2n) is 8.97. The molecule has 0 bridgehead atoms. The molecule has 7 nitrogen and oxygen atoms in total. The highest BCUT2D eigenvalue weighted by Crippen LogP contribution is 2.35. The molecule has 33 heavy (non-hydrogen) atoms. The average Bonchev–Trinajstić information content (AvgIpc) is 3.57. The molecular formula is C25H31N3O4S. The quantitative estimate of drug-likeness (QED) is 0.649. The lowest BCUT2D eigenvalue weighted by Gasteiger charge is -2.34. The molecule has 8 heteroatoms. The van der Waals surface area contributed by atoms with E-state index in [1.54, 1.807) is 11.3 Å². The number of thiophene rings is 1. The maximum atomic E-state index is 13.5. The predicted molar refractivity (Wildman–Crippen MR) is 128 cm³/mol. The van der Waals surface area contributed by atoms with Crippen LogP contribution in [0.5, 0.6) is 11.5 Å². The number of rotatable bonds is 6. The van der Waals surface area contributed by atoms with Crippen molar-refractivity contribution in [2.75, 3.05) is 50.8 Å². The number of nitrogens with zero attached hydrogens (tertiary/aromatic N) is 3. The second-order valence-corrected chi connectivity index (χ2v) is 10.0. The van der Waals surface area contributed by atoms with E-state index in [-0.39, 0.29) is 11.8 Å². The zero-order valence-corrected chi connectivity index (χ0v) is 19.7. The summed E-state index contributed by atoms with van der Waals surface area (Å²) >= 11 is 1.65. The van der Waals surface area contributed by atoms with Crippen LogP contribution < -0.4 is 14.4 Å². The topological polar surface area (TPSA) is 62.3 Å². The van der Waals surface area contributed by atoms with Crippen LogP contribution in [-0.4, -0.2) is 67.6 Å². The molecule has 4 heterocycles. The lowest BCUT2D eigenvalue weighted by molar-refractivity contribution is -0.136. The average molecular weight is 470 g/mol. The maximum absolute atomic E-state index is 13.5. The Balaban J connectivity index is 1.24. The molecule has 176 valence electrons. The summed E-state index contributed by atoms with van der Waals surface area (Å²) in [7, 11) is 0. The first kappa shape index (κ1) is 22.2. The SMILES string of the molecule is O=C(C1CCN(CC(=O)N(Cc2cccs2)c2ccc3c(c2)OCCO3)CC1)N1CCCC1. The summed E-state index contributed by atoms with van der Waals surface area (Å²) in [5.74, 6) is 1.88. The molecule has 5 rings (SSSR count). The molecule has 3 aliphatic heterocycles. The van der Waals surface area contributed by atoms with Gasteiger partial charge in [-0.05, 0) is 62.4 Å². The molecule has 3 aliphatic rings. The Morgan fingerprint density at radius 3 is 2.48 bits per heavy atom. The Hall–Kier alpha value is -2.58. The van der Waals surface area contributed by atoms with Crippen molar-refractivity contribution >= 4 is 28.8 Å². The number of carbonyl (C=O) groups is 2. The molecule has 0 aliphatic carbocycles. The summed E-state index contributed by atoms with van der Waals surface area (Å²) in [5.41, 5.74) is 0.816. The van der Waals surface area contributed by atoms with Gasteiger partial charge in [0.25, 0.3) is 0 Å². The molecule has 2 aromatic rings. The lowest BCUT2D eigenvalue weighted by Crippen LogP contribution is -2.46. The number of hydrogen-bond donors (Lipinski definition) is 0. The van der Waals surface area contributed by atoms with Gasteiger partial charge in [0, 0.05) is 35.6 Å². The van der Waals surface area contributed by atoms with Crippen LogP contribution in [0.25, 0.3) is 0 Å². The van der Waals surface area contributed by atoms with Crippen LogP contribution in [0.15, 0.2) is 35.7 Å². The van der Waals surface area contributed by atoms with Gasteiger partial charge in [0.15, 0.2) is 11.5 Å². The minimum Gasteiger partial charge on any atom is -0.486 e. The van der Waals surface area contributed by atoms with Crippen LogP contribution >= 0.6 is 11.3 Å². The number of fused-ring (bicyclic) bond motifs is 1. The van der Waals surface area contributed by atoms with Gasteiger partial charge >= 0.3 is 0 Å². The molecule has 0 saturated carbocycles. The number of piperidine rings is 1. The van der Waals surface area contributed by atoms with Gasteiger partial charge in [-0.25, -0.2) is 0 Å². The monoisotopic (exact) mass is 469 g/mol. The molecule has 2 saturated heterocycles. The number of ether oxygens (including phenoxy) is 2. The number of hydrogen-bond acceptors (Lipinski definition) is 6. The van der Waals surface area contributed by atoms with E-state index < -0.39 is 0 Å². The second kappa shape index (κ2) is 10.1. The first-order valence-electron chi connectivity index (χ1n) is 11.9. The van der Waals surface area contributed by atoms with Crippen LogP contribution in [0.1, 0.15) is 30.6 Å². The molecular weight excluding hydrogens is 438 g/mol. The number of amides is 2. The van der Waals surface area contributed by atoms with Gasteiger partial charge in [-0.1, -0.05) is 6.07 Å². The highest BCUT2D eigenvalue weighted by atomic mass is 32.1. The van der Waals surface area contributed by atoms with E-state index >= 15 is 0 Å². The molecule has 0 atom stereocenters. The highest BCUT2D eigenvalue weighted by Gasteiger charge is 2.31. The van der Waals surface area contributed by atoms with Crippen molar-refractivity contribution in [1.82, 2.24) is 9.80 Å². The number of benzene rings is 1. The van der Waals surface area contributed by atoms with Gasteiger partial charge in [0.05, 0.1) is 13.1 Å². The van der Waals surface area contributed by atoms with Crippen molar-refractivity contribution in [2.45, 2.75) is 32.2 Å². The summed E-state index contributed by atoms with van der Waals surface area (Å²) in [5, 5.41) is 2.03. The van der Waals surface area contributed by atoms with Gasteiger partial charge < -0.3 is 19.3 Å². The summed E-state index contributed by atoms with van der Waals surface area (Å²) in [6.45, 7) is 5.31. The summed E-state index contributed by atoms with van der Waals surface area (Å²) < 4.78 is 11.4. The fourth-order valence-corrected chi connectivity index (χ4v) is 5.58. The van der Waals surface area contributed by atoms with Crippen LogP contribution in [0.4, 0.5) is 5.69 Å². The molecule has 0 N–H and O–H groups in total. The zero-order chi connectivity index (χ0) is 22.6. The van der Waals surface area contributed by atoms with Crippen molar-refractivity contribution in [3.05, 3.63) is 40.6 Å². The van der Waals surface area contributed by atoms with E-state index in [4.69, 9.17) is 9.47 Å². The van der Waals surface area contributed by atoms with Crippen molar-refractivity contribution in [2.24, 2.45) is 5.92 Å². The van der Waals surface area contributed by atoms with Crippen LogP contribution in [-0.2, 0) is 16.1 Å². The molecule has 2 fully saturated rings. The smallest absolute Gasteiger partial charge is 0.241 e. The Kier molecular flexibility index (Phi) is 6.83. The van der Waals surface area contributed by atoms with Gasteiger partial charge in [-0.3, -0.25) is 14.5 Å². The molecule has 0 radical (unpaired) electrons. The molecule has 0 spiro atoms. The predicted octanol–water partition coefficient (Wildman–Crippen LogP) is 3.39. The van der Waals surface area contributed by atoms with Gasteiger partial charge in [-0.2, -0.15) is 0 Å². The van der Waals surface area contributed by atoms with E-state index in [1.165, 1.54) is 0 Å². The number of carbonyl (C=O) groups excluding carboxylic acids is 2. The van der Waals surface area contributed by atoms with Gasteiger partial charge in [-0.15, -0.1) is 11.3 Å². The third-order valence-electron chi connectivity index (χ3n) is 6.75. The third kappa shape index (κ3) is 5.17. The lowest BCUT2D eigenvalue weighted by atomic mass is 9.95. The van der Waals surface area contributed by atoms with Crippen molar-refractivity contribution < 1.29 is 19.1 Å². The largest absolute Gasteiger partial charge is 0.486 e. The third-order valence-corrected chi connectivity index (χ3v) is 7.61. The Morgan fingerprint density at radius 2 is 1.76 bits per heavy atom. The number of likely N-dealkylation sites (tertiary alicyclic amines) is 2. The zero-order valence-electron chi connectivity index (χ0n) is 18.9. The molecule has 2 amide bonds. The van der Waals surface area contributed by atoms with E-state index in [1.807, 2.05) is 39.4 Å². The minimum atomic E-state index is 0.0596. The molecule has 1 aromatic heterocycles. The van der Waals surface area contributed by atoms with Crippen molar-refractivity contribution in [1.29, 1.82) is 0 Å². The first-order chi connectivity index (χ1) is 16.2. The van der Waals surface area contributed by atoms with E-state index in [2.05, 4.69) is 11.0 Å². The van der Waals surface area contributed by atoms with Crippen molar-refractivity contribution in [3.63, 3.8) is 0 Å². The van der Waals surface area contributed by atoms with Crippen LogP contribution in [0.2, 0.25) is 0 Å². The normalized spacial score (nSPS) is 19.0. The summed E-state index contributed by atoms with van der Waals surface area (Å²) in [4.78, 5) is 33.4. The summed E-state index contributed by atoms with van der Waals surface area (Å²) in [6.07, 6.45) is 3.91. The highest BCUT2D eigenvalue weighted by molar-refractivity contribution is 7.09. The summed E-state index contributed by atoms with van der Waals surface area (Å²) in [6, 6.07) is 9.78. The van der Waals surface area contributed by atoms with Crippen LogP contribution in [0.3, 0.4) is 0 Å². The Morgan fingerprint density at radius 1 is 1.00 bits per heavy atom. The number of anilines is 1. The van der Waals surface area contributed by atoms with E-state index in [0.29, 0.717) is 38.0 Å². The molecule has 0 unspecified atom stereocenters. The minimum absolute atomic E-state index is 0.0596. The Labute approximate surface area is 198 Å². The van der Waals surface area contributed by atoms with Crippen molar-refractivity contribution in [3.8, 4) is 11.5 Å². The standard InChI is InChI=1S/C25H31N3O4S/c29-24(18-26-11-7-19(8-12-26)25(30)27-9-1-2-10-27)28(17-21-4-3-15-33-21)20-5-6-22-23(16-20)32-14-13-31-22/h3-6,15-16,19H,1-2,7-14,17-18H2. The maximum Gasteiger partial charge on any atom is 0.241 e. The Bertz CT molecular complexity index is 966. The van der Waals surface area contributed by atoms with Crippen LogP contribution in [0, 0.1) is 5.92 Å². The van der Waals surface area contributed by atoms with E-state index in [9.17, 15) is 9.59 Å². The fraction of sp³-hybridized carbons (Fsp3) is 0.520. The van der Waals surface area contributed by atoms with Gasteiger partial charge in [0.1, 0.15) is 13.2 Å². The van der Waals surface area contributed by atoms with Gasteiger partial charge in [0.2, 0.25) is 11.8 Å².